The van der Waals surface area contributed by atoms with Crippen LogP contribution in [0.5, 0.6) is 0 Å². The zero-order chi connectivity index (χ0) is 16.4. The summed E-state index contributed by atoms with van der Waals surface area (Å²) in [5, 5.41) is 12.0. The van der Waals surface area contributed by atoms with E-state index in [1.807, 2.05) is 19.2 Å². The number of rotatable bonds is 6. The Morgan fingerprint density at radius 3 is 2.42 bits per heavy atom. The van der Waals surface area contributed by atoms with Crippen molar-refractivity contribution in [3.05, 3.63) is 24.0 Å². The van der Waals surface area contributed by atoms with Gasteiger partial charge in [-0.2, -0.15) is 5.10 Å². The fourth-order valence-corrected chi connectivity index (χ4v) is 4.45. The molecule has 0 radical (unpaired) electrons. The van der Waals surface area contributed by atoms with Crippen molar-refractivity contribution >= 4 is 36.3 Å². The Bertz CT molecular complexity index is 668. The fraction of sp³-hybridized carbons (Fsp3) is 0.684. The minimum absolute atomic E-state index is 0. The molecule has 0 aromatic carbocycles. The average Bonchev–Trinajstić information content (AvgIpc) is 2.92. The van der Waals surface area contributed by atoms with E-state index in [1.54, 1.807) is 0 Å². The molecule has 1 aliphatic carbocycles. The van der Waals surface area contributed by atoms with E-state index in [4.69, 9.17) is 0 Å². The van der Waals surface area contributed by atoms with Crippen molar-refractivity contribution in [3.8, 4) is 0 Å². The van der Waals surface area contributed by atoms with Gasteiger partial charge in [-0.3, -0.25) is 4.40 Å². The molecule has 5 nitrogen and oxygen atoms in total. The standard InChI is InChI=1S/C19H29N5.2ClH/c1-15-18-5-4-12-24(18)19(22-21-15)20-10-2-3-11-23-13-16-6-7-17(14-23)9-8-16;;/h4-5,12,16-17H,2-3,6-11,13-14H2,1H3,(H,20,22);2*1H. The number of fused-ring (bicyclic) bond motifs is 5. The summed E-state index contributed by atoms with van der Waals surface area (Å²) in [5.74, 6) is 2.81. The number of nitrogens with zero attached hydrogens (tertiary/aromatic N) is 4. The highest BCUT2D eigenvalue weighted by atomic mass is 35.5. The Labute approximate surface area is 168 Å². The normalized spacial score (nSPS) is 22.5. The first-order chi connectivity index (χ1) is 11.8. The topological polar surface area (TPSA) is 45.5 Å². The number of hydrogen-bond donors (Lipinski definition) is 1. The molecule has 3 fully saturated rings. The van der Waals surface area contributed by atoms with Crippen LogP contribution in [0.15, 0.2) is 18.3 Å². The Morgan fingerprint density at radius 2 is 1.73 bits per heavy atom. The average molecular weight is 400 g/mol. The van der Waals surface area contributed by atoms with Gasteiger partial charge in [0.2, 0.25) is 5.95 Å². The summed E-state index contributed by atoms with van der Waals surface area (Å²) in [7, 11) is 0. The molecule has 5 rings (SSSR count). The predicted molar refractivity (Wildman–Crippen MR) is 112 cm³/mol. The molecule has 0 unspecified atom stereocenters. The molecule has 1 N–H and O–H groups in total. The Morgan fingerprint density at radius 1 is 1.04 bits per heavy atom. The molecule has 0 atom stereocenters. The molecular formula is C19H31Cl2N5. The number of nitrogens with one attached hydrogen (secondary N) is 1. The highest BCUT2D eigenvalue weighted by Gasteiger charge is 2.28. The molecule has 1 saturated carbocycles. The summed E-state index contributed by atoms with van der Waals surface area (Å²) in [4.78, 5) is 2.73. The van der Waals surface area contributed by atoms with Gasteiger partial charge in [0.1, 0.15) is 0 Å². The van der Waals surface area contributed by atoms with Crippen molar-refractivity contribution in [3.63, 3.8) is 0 Å². The van der Waals surface area contributed by atoms with Crippen molar-refractivity contribution in [1.29, 1.82) is 0 Å². The lowest BCUT2D eigenvalue weighted by Gasteiger charge is -2.22. The third-order valence-corrected chi connectivity index (χ3v) is 5.83. The van der Waals surface area contributed by atoms with Crippen LogP contribution in [0.1, 0.15) is 44.2 Å². The summed E-state index contributed by atoms with van der Waals surface area (Å²) in [6, 6.07) is 4.13. The van der Waals surface area contributed by atoms with E-state index in [2.05, 4.69) is 30.9 Å². The van der Waals surface area contributed by atoms with Gasteiger partial charge in [0.25, 0.3) is 0 Å². The van der Waals surface area contributed by atoms with E-state index in [0.29, 0.717) is 0 Å². The van der Waals surface area contributed by atoms with Gasteiger partial charge in [-0.1, -0.05) is 0 Å². The van der Waals surface area contributed by atoms with Crippen molar-refractivity contribution in [1.82, 2.24) is 19.5 Å². The second kappa shape index (κ2) is 9.77. The van der Waals surface area contributed by atoms with Crippen LogP contribution in [0, 0.1) is 18.8 Å². The molecule has 2 saturated heterocycles. The Hall–Kier alpha value is -1.04. The molecule has 2 bridgehead atoms. The quantitative estimate of drug-likeness (QED) is 0.739. The summed E-state index contributed by atoms with van der Waals surface area (Å²) in [5.41, 5.74) is 2.11. The van der Waals surface area contributed by atoms with Crippen molar-refractivity contribution in [2.24, 2.45) is 11.8 Å². The van der Waals surface area contributed by atoms with Gasteiger partial charge in [0, 0.05) is 25.8 Å². The van der Waals surface area contributed by atoms with Gasteiger partial charge in [-0.05, 0) is 76.0 Å². The predicted octanol–water partition coefficient (Wildman–Crippen LogP) is 4.20. The first kappa shape index (κ1) is 21.3. The van der Waals surface area contributed by atoms with Crippen molar-refractivity contribution in [2.75, 3.05) is 31.5 Å². The minimum atomic E-state index is 0. The van der Waals surface area contributed by atoms with Crippen LogP contribution in [0.2, 0.25) is 0 Å². The molecule has 0 amide bonds. The molecule has 3 aliphatic rings. The van der Waals surface area contributed by atoms with E-state index < -0.39 is 0 Å². The molecule has 2 aromatic heterocycles. The summed E-state index contributed by atoms with van der Waals surface area (Å²) in [6.07, 6.45) is 10.4. The lowest BCUT2D eigenvalue weighted by atomic mass is 9.84. The van der Waals surface area contributed by atoms with Crippen LogP contribution in [0.4, 0.5) is 5.95 Å². The molecule has 0 spiro atoms. The number of halogens is 2. The van der Waals surface area contributed by atoms with Gasteiger partial charge in [-0.15, -0.1) is 29.9 Å². The molecule has 4 heterocycles. The van der Waals surface area contributed by atoms with Gasteiger partial charge in [0.15, 0.2) is 0 Å². The lowest BCUT2D eigenvalue weighted by Crippen LogP contribution is -2.29. The van der Waals surface area contributed by atoms with Gasteiger partial charge < -0.3 is 10.2 Å². The maximum Gasteiger partial charge on any atom is 0.227 e. The van der Waals surface area contributed by atoms with E-state index in [1.165, 1.54) is 58.2 Å². The highest BCUT2D eigenvalue weighted by Crippen LogP contribution is 2.33. The monoisotopic (exact) mass is 399 g/mol. The van der Waals surface area contributed by atoms with E-state index in [9.17, 15) is 0 Å². The zero-order valence-electron chi connectivity index (χ0n) is 15.6. The number of aryl methyl sites for hydroxylation is 1. The van der Waals surface area contributed by atoms with Crippen LogP contribution < -0.4 is 5.32 Å². The number of unbranched alkanes of at least 4 members (excludes halogenated alkanes) is 1. The SMILES string of the molecule is Cc1nnc(NCCCCN2CC3CCC(CC3)C2)n2cccc12.Cl.Cl. The molecule has 26 heavy (non-hydrogen) atoms. The summed E-state index contributed by atoms with van der Waals surface area (Å²) in [6.45, 7) is 6.91. The van der Waals surface area contributed by atoms with Crippen LogP contribution >= 0.6 is 24.8 Å². The third kappa shape index (κ3) is 4.81. The molecular weight excluding hydrogens is 369 g/mol. The minimum Gasteiger partial charge on any atom is -0.354 e. The zero-order valence-corrected chi connectivity index (χ0v) is 17.2. The van der Waals surface area contributed by atoms with Crippen molar-refractivity contribution < 1.29 is 0 Å². The summed E-state index contributed by atoms with van der Waals surface area (Å²) >= 11 is 0. The first-order valence-electron chi connectivity index (χ1n) is 9.56. The molecule has 2 aromatic rings. The molecule has 7 heteroatoms. The van der Waals surface area contributed by atoms with Crippen LogP contribution in [0.3, 0.4) is 0 Å². The fourth-order valence-electron chi connectivity index (χ4n) is 4.45. The second-order valence-electron chi connectivity index (χ2n) is 7.65. The van der Waals surface area contributed by atoms with E-state index in [-0.39, 0.29) is 24.8 Å². The maximum atomic E-state index is 4.30. The van der Waals surface area contributed by atoms with Crippen molar-refractivity contribution in [2.45, 2.75) is 45.4 Å². The maximum absolute atomic E-state index is 4.30. The highest BCUT2D eigenvalue weighted by molar-refractivity contribution is 5.85. The van der Waals surface area contributed by atoms with Gasteiger partial charge >= 0.3 is 0 Å². The Balaban J connectivity index is 0.00000121. The summed E-state index contributed by atoms with van der Waals surface area (Å²) < 4.78 is 2.09. The number of hydrogen-bond acceptors (Lipinski definition) is 4. The van der Waals surface area contributed by atoms with Gasteiger partial charge in [-0.25, -0.2) is 0 Å². The van der Waals surface area contributed by atoms with E-state index in [0.717, 1.165) is 35.5 Å². The second-order valence-corrected chi connectivity index (χ2v) is 7.65. The third-order valence-electron chi connectivity index (χ3n) is 5.83. The smallest absolute Gasteiger partial charge is 0.227 e. The van der Waals surface area contributed by atoms with E-state index >= 15 is 0 Å². The van der Waals surface area contributed by atoms with Crippen LogP contribution in [0.25, 0.3) is 5.52 Å². The number of aromatic nitrogens is 3. The van der Waals surface area contributed by atoms with Crippen LogP contribution in [-0.4, -0.2) is 45.7 Å². The first-order valence-corrected chi connectivity index (χ1v) is 9.56. The lowest BCUT2D eigenvalue weighted by molar-refractivity contribution is 0.248. The van der Waals surface area contributed by atoms with Gasteiger partial charge in [0.05, 0.1) is 11.2 Å². The molecule has 2 aliphatic heterocycles. The molecule has 146 valence electrons. The Kier molecular flexibility index (Phi) is 7.99. The van der Waals surface area contributed by atoms with Crippen LogP contribution in [-0.2, 0) is 0 Å². The number of anilines is 1. The largest absolute Gasteiger partial charge is 0.354 e.